The molecule has 0 radical (unpaired) electrons. The summed E-state index contributed by atoms with van der Waals surface area (Å²) in [5.74, 6) is 1.27. The lowest BCUT2D eigenvalue weighted by Gasteiger charge is -2.21. The summed E-state index contributed by atoms with van der Waals surface area (Å²) in [4.78, 5) is 12.3. The van der Waals surface area contributed by atoms with Gasteiger partial charge in [-0.05, 0) is 37.1 Å². The van der Waals surface area contributed by atoms with Gasteiger partial charge in [-0.1, -0.05) is 25.5 Å². The Kier molecular flexibility index (Phi) is 6.25. The van der Waals surface area contributed by atoms with Gasteiger partial charge < -0.3 is 10.6 Å². The summed E-state index contributed by atoms with van der Waals surface area (Å²) in [6, 6.07) is 7.74. The van der Waals surface area contributed by atoms with Crippen LogP contribution in [-0.4, -0.2) is 30.0 Å². The van der Waals surface area contributed by atoms with Crippen LogP contribution in [-0.2, 0) is 0 Å². The predicted octanol–water partition coefficient (Wildman–Crippen LogP) is 3.52. The SMILES string of the molecule is CCCNc1ccccc1C(=O)NCC1CCCCS1. The molecule has 1 amide bonds. The monoisotopic (exact) mass is 292 g/mol. The highest BCUT2D eigenvalue weighted by Crippen LogP contribution is 2.24. The van der Waals surface area contributed by atoms with Crippen LogP contribution < -0.4 is 10.6 Å². The van der Waals surface area contributed by atoms with Gasteiger partial charge in [0.05, 0.1) is 5.56 Å². The zero-order chi connectivity index (χ0) is 14.2. The van der Waals surface area contributed by atoms with Crippen molar-refractivity contribution in [3.8, 4) is 0 Å². The molecule has 2 rings (SSSR count). The average Bonchev–Trinajstić information content (AvgIpc) is 2.52. The number of hydrogen-bond acceptors (Lipinski definition) is 3. The summed E-state index contributed by atoms with van der Waals surface area (Å²) in [6.45, 7) is 3.80. The summed E-state index contributed by atoms with van der Waals surface area (Å²) < 4.78 is 0. The van der Waals surface area contributed by atoms with Crippen LogP contribution in [0.5, 0.6) is 0 Å². The molecule has 0 saturated carbocycles. The van der Waals surface area contributed by atoms with Gasteiger partial charge in [0.15, 0.2) is 0 Å². The number of thioether (sulfide) groups is 1. The first-order valence-electron chi connectivity index (χ1n) is 7.54. The molecule has 1 heterocycles. The van der Waals surface area contributed by atoms with Gasteiger partial charge in [-0.15, -0.1) is 0 Å². The van der Waals surface area contributed by atoms with Gasteiger partial charge in [0.2, 0.25) is 0 Å². The number of carbonyl (C=O) groups excluding carboxylic acids is 1. The van der Waals surface area contributed by atoms with Crippen LogP contribution in [0.3, 0.4) is 0 Å². The van der Waals surface area contributed by atoms with E-state index in [1.165, 1.54) is 25.0 Å². The Balaban J connectivity index is 1.90. The fraction of sp³-hybridized carbons (Fsp3) is 0.562. The first kappa shape index (κ1) is 15.2. The van der Waals surface area contributed by atoms with Crippen LogP contribution in [0, 0.1) is 0 Å². The third-order valence-corrected chi connectivity index (χ3v) is 4.90. The van der Waals surface area contributed by atoms with Crippen LogP contribution in [0.1, 0.15) is 43.0 Å². The molecule has 2 N–H and O–H groups in total. The van der Waals surface area contributed by atoms with E-state index < -0.39 is 0 Å². The molecule has 0 bridgehead atoms. The van der Waals surface area contributed by atoms with Crippen LogP contribution in [0.2, 0.25) is 0 Å². The third-order valence-electron chi connectivity index (χ3n) is 3.50. The topological polar surface area (TPSA) is 41.1 Å². The molecule has 1 aromatic carbocycles. The molecule has 0 spiro atoms. The number of carbonyl (C=O) groups is 1. The standard InChI is InChI=1S/C16H24N2OS/c1-2-10-17-15-9-4-3-8-14(15)16(19)18-12-13-7-5-6-11-20-13/h3-4,8-9,13,17H,2,5-7,10-12H2,1H3,(H,18,19). The van der Waals surface area contributed by atoms with E-state index in [9.17, 15) is 4.79 Å². The molecule has 4 heteroatoms. The summed E-state index contributed by atoms with van der Waals surface area (Å²) in [7, 11) is 0. The first-order chi connectivity index (χ1) is 9.81. The van der Waals surface area contributed by atoms with E-state index >= 15 is 0 Å². The minimum Gasteiger partial charge on any atom is -0.384 e. The Bertz CT molecular complexity index is 430. The fourth-order valence-corrected chi connectivity index (χ4v) is 3.60. The molecule has 1 fully saturated rings. The number of hydrogen-bond donors (Lipinski definition) is 2. The predicted molar refractivity (Wildman–Crippen MR) is 87.7 cm³/mol. The molecule has 1 aromatic rings. The largest absolute Gasteiger partial charge is 0.384 e. The lowest BCUT2D eigenvalue weighted by Crippen LogP contribution is -2.32. The number of nitrogens with one attached hydrogen (secondary N) is 2. The number of rotatable bonds is 6. The second-order valence-corrected chi connectivity index (χ2v) is 6.58. The summed E-state index contributed by atoms with van der Waals surface area (Å²) in [5, 5.41) is 6.99. The van der Waals surface area contributed by atoms with E-state index in [0.29, 0.717) is 5.25 Å². The molecule has 1 aliphatic heterocycles. The normalized spacial score (nSPS) is 18.6. The highest BCUT2D eigenvalue weighted by molar-refractivity contribution is 7.99. The Morgan fingerprint density at radius 3 is 2.95 bits per heavy atom. The molecule has 0 aromatic heterocycles. The van der Waals surface area contributed by atoms with Gasteiger partial charge in [0, 0.05) is 24.0 Å². The highest BCUT2D eigenvalue weighted by atomic mass is 32.2. The summed E-state index contributed by atoms with van der Waals surface area (Å²) >= 11 is 1.99. The van der Waals surface area contributed by atoms with E-state index in [1.54, 1.807) is 0 Å². The van der Waals surface area contributed by atoms with Crippen molar-refractivity contribution in [1.29, 1.82) is 0 Å². The molecule has 20 heavy (non-hydrogen) atoms. The van der Waals surface area contributed by atoms with Crippen molar-refractivity contribution in [3.05, 3.63) is 29.8 Å². The Morgan fingerprint density at radius 1 is 1.35 bits per heavy atom. The maximum absolute atomic E-state index is 12.3. The van der Waals surface area contributed by atoms with Crippen molar-refractivity contribution in [2.45, 2.75) is 37.9 Å². The van der Waals surface area contributed by atoms with Crippen molar-refractivity contribution in [2.24, 2.45) is 0 Å². The minimum atomic E-state index is 0.0374. The lowest BCUT2D eigenvalue weighted by atomic mass is 10.1. The minimum absolute atomic E-state index is 0.0374. The second-order valence-electron chi connectivity index (χ2n) is 5.17. The Hall–Kier alpha value is -1.16. The maximum atomic E-state index is 12.3. The molecule has 1 unspecified atom stereocenters. The zero-order valence-electron chi connectivity index (χ0n) is 12.2. The number of benzene rings is 1. The van der Waals surface area contributed by atoms with E-state index in [-0.39, 0.29) is 5.91 Å². The van der Waals surface area contributed by atoms with E-state index in [2.05, 4.69) is 17.6 Å². The quantitative estimate of drug-likeness (QED) is 0.843. The van der Waals surface area contributed by atoms with Crippen molar-refractivity contribution < 1.29 is 4.79 Å². The van der Waals surface area contributed by atoms with Gasteiger partial charge >= 0.3 is 0 Å². The van der Waals surface area contributed by atoms with Gasteiger partial charge in [-0.2, -0.15) is 11.8 Å². The molecular formula is C16H24N2OS. The van der Waals surface area contributed by atoms with E-state index in [0.717, 1.165) is 30.8 Å². The highest BCUT2D eigenvalue weighted by Gasteiger charge is 2.16. The van der Waals surface area contributed by atoms with Crippen molar-refractivity contribution >= 4 is 23.4 Å². The van der Waals surface area contributed by atoms with Gasteiger partial charge in [-0.25, -0.2) is 0 Å². The Morgan fingerprint density at radius 2 is 2.20 bits per heavy atom. The van der Waals surface area contributed by atoms with Crippen molar-refractivity contribution in [3.63, 3.8) is 0 Å². The molecule has 3 nitrogen and oxygen atoms in total. The van der Waals surface area contributed by atoms with Crippen LogP contribution in [0.15, 0.2) is 24.3 Å². The smallest absolute Gasteiger partial charge is 0.253 e. The second kappa shape index (κ2) is 8.20. The molecular weight excluding hydrogens is 268 g/mol. The van der Waals surface area contributed by atoms with Gasteiger partial charge in [0.25, 0.3) is 5.91 Å². The zero-order valence-corrected chi connectivity index (χ0v) is 13.0. The van der Waals surface area contributed by atoms with Crippen LogP contribution in [0.25, 0.3) is 0 Å². The molecule has 110 valence electrons. The molecule has 1 aliphatic rings. The summed E-state index contributed by atoms with van der Waals surface area (Å²) in [6.07, 6.45) is 4.89. The summed E-state index contributed by atoms with van der Waals surface area (Å²) in [5.41, 5.74) is 1.69. The molecule has 1 atom stereocenters. The first-order valence-corrected chi connectivity index (χ1v) is 8.59. The van der Waals surface area contributed by atoms with Gasteiger partial charge in [0.1, 0.15) is 0 Å². The number of anilines is 1. The molecule has 1 saturated heterocycles. The maximum Gasteiger partial charge on any atom is 0.253 e. The Labute approximate surface area is 125 Å². The van der Waals surface area contributed by atoms with Gasteiger partial charge in [-0.3, -0.25) is 4.79 Å². The number of para-hydroxylation sites is 1. The fourth-order valence-electron chi connectivity index (χ4n) is 2.37. The average molecular weight is 292 g/mol. The van der Waals surface area contributed by atoms with Crippen LogP contribution >= 0.6 is 11.8 Å². The van der Waals surface area contributed by atoms with Crippen LogP contribution in [0.4, 0.5) is 5.69 Å². The van der Waals surface area contributed by atoms with E-state index in [4.69, 9.17) is 0 Å². The van der Waals surface area contributed by atoms with Crippen molar-refractivity contribution in [1.82, 2.24) is 5.32 Å². The van der Waals surface area contributed by atoms with E-state index in [1.807, 2.05) is 36.0 Å². The molecule has 0 aliphatic carbocycles. The number of amides is 1. The third kappa shape index (κ3) is 4.44. The van der Waals surface area contributed by atoms with Crippen molar-refractivity contribution in [2.75, 3.05) is 24.2 Å². The lowest BCUT2D eigenvalue weighted by molar-refractivity contribution is 0.0954.